The summed E-state index contributed by atoms with van der Waals surface area (Å²) in [7, 11) is 0. The molecule has 0 bridgehead atoms. The number of hydrogen-bond donors (Lipinski definition) is 1. The van der Waals surface area contributed by atoms with Gasteiger partial charge in [0.2, 0.25) is 0 Å². The van der Waals surface area contributed by atoms with E-state index in [-0.39, 0.29) is 22.7 Å². The molecule has 18 heavy (non-hydrogen) atoms. The number of nitro groups is 1. The second-order valence-corrected chi connectivity index (χ2v) is 4.50. The van der Waals surface area contributed by atoms with E-state index in [1.807, 2.05) is 0 Å². The van der Waals surface area contributed by atoms with Gasteiger partial charge in [0.15, 0.2) is 0 Å². The highest BCUT2D eigenvalue weighted by Gasteiger charge is 2.17. The van der Waals surface area contributed by atoms with E-state index in [0.29, 0.717) is 12.2 Å². The van der Waals surface area contributed by atoms with Crippen LogP contribution < -0.4 is 4.74 Å². The molecule has 6 nitrogen and oxygen atoms in total. The maximum absolute atomic E-state index is 10.7. The van der Waals surface area contributed by atoms with E-state index in [4.69, 9.17) is 9.84 Å². The Kier molecular flexibility index (Phi) is 5.08. The van der Waals surface area contributed by atoms with Crippen LogP contribution in [0.4, 0.5) is 5.69 Å². The Morgan fingerprint density at radius 2 is 2.28 bits per heavy atom. The number of benzene rings is 1. The molecule has 0 saturated heterocycles. The van der Waals surface area contributed by atoms with Gasteiger partial charge in [0, 0.05) is 12.5 Å². The van der Waals surface area contributed by atoms with E-state index in [1.165, 1.54) is 12.1 Å². The van der Waals surface area contributed by atoms with Gasteiger partial charge in [-0.15, -0.1) is 0 Å². The van der Waals surface area contributed by atoms with E-state index >= 15 is 0 Å². The third-order valence-electron chi connectivity index (χ3n) is 2.23. The fourth-order valence-electron chi connectivity index (χ4n) is 1.33. The van der Waals surface area contributed by atoms with Crippen molar-refractivity contribution in [2.75, 3.05) is 0 Å². The van der Waals surface area contributed by atoms with E-state index in [1.54, 1.807) is 13.0 Å². The Morgan fingerprint density at radius 1 is 1.61 bits per heavy atom. The number of ether oxygens (including phenoxy) is 1. The molecule has 1 N–H and O–H groups in total. The minimum absolute atomic E-state index is 0.00624. The number of halogens is 1. The van der Waals surface area contributed by atoms with Gasteiger partial charge in [0.05, 0.1) is 11.0 Å². The molecule has 0 aliphatic rings. The number of carboxylic acids is 1. The lowest BCUT2D eigenvalue weighted by Crippen LogP contribution is -2.14. The molecule has 0 saturated carbocycles. The molecule has 1 unspecified atom stereocenters. The summed E-state index contributed by atoms with van der Waals surface area (Å²) in [5, 5.41) is 19.3. The fraction of sp³-hybridized carbons (Fsp3) is 0.364. The van der Waals surface area contributed by atoms with Crippen LogP contribution in [0.25, 0.3) is 0 Å². The van der Waals surface area contributed by atoms with Crippen LogP contribution in [0.2, 0.25) is 0 Å². The minimum Gasteiger partial charge on any atom is -0.489 e. The summed E-state index contributed by atoms with van der Waals surface area (Å²) in [6.07, 6.45) is -0.00236. The molecule has 0 fully saturated rings. The van der Waals surface area contributed by atoms with Crippen molar-refractivity contribution in [1.82, 2.24) is 0 Å². The van der Waals surface area contributed by atoms with Gasteiger partial charge >= 0.3 is 5.97 Å². The summed E-state index contributed by atoms with van der Waals surface area (Å²) in [6.45, 7) is 1.72. The number of hydrogen-bond acceptors (Lipinski definition) is 4. The molecule has 7 heteroatoms. The molecular formula is C11H12BrNO5. The van der Waals surface area contributed by atoms with Gasteiger partial charge < -0.3 is 9.84 Å². The topological polar surface area (TPSA) is 89.7 Å². The number of rotatable bonds is 6. The van der Waals surface area contributed by atoms with Crippen molar-refractivity contribution in [3.63, 3.8) is 0 Å². The molecule has 0 radical (unpaired) electrons. The van der Waals surface area contributed by atoms with E-state index in [2.05, 4.69) is 15.9 Å². The van der Waals surface area contributed by atoms with Crippen molar-refractivity contribution in [3.05, 3.63) is 32.8 Å². The van der Waals surface area contributed by atoms with Crippen LogP contribution in [0, 0.1) is 10.1 Å². The molecule has 0 spiro atoms. The lowest BCUT2D eigenvalue weighted by atomic mass is 10.2. The van der Waals surface area contributed by atoms with E-state index in [0.717, 1.165) is 0 Å². The highest BCUT2D eigenvalue weighted by Crippen LogP contribution is 2.34. The van der Waals surface area contributed by atoms with Crippen molar-refractivity contribution >= 4 is 27.6 Å². The zero-order valence-corrected chi connectivity index (χ0v) is 11.2. The monoisotopic (exact) mass is 317 g/mol. The molecule has 0 aliphatic heterocycles. The van der Waals surface area contributed by atoms with Crippen molar-refractivity contribution in [1.29, 1.82) is 0 Å². The second-order valence-electron chi connectivity index (χ2n) is 3.71. The minimum atomic E-state index is -0.899. The van der Waals surface area contributed by atoms with Crippen LogP contribution in [0.15, 0.2) is 22.7 Å². The maximum Gasteiger partial charge on any atom is 0.303 e. The van der Waals surface area contributed by atoms with Gasteiger partial charge in [0.25, 0.3) is 5.69 Å². The summed E-state index contributed by atoms with van der Waals surface area (Å²) in [5.74, 6) is -0.564. The number of carbonyl (C=O) groups is 1. The number of nitrogens with zero attached hydrogens (tertiary/aromatic N) is 1. The largest absolute Gasteiger partial charge is 0.489 e. The first-order valence-corrected chi connectivity index (χ1v) is 6.02. The summed E-state index contributed by atoms with van der Waals surface area (Å²) < 4.78 is 5.73. The predicted molar refractivity (Wildman–Crippen MR) is 67.8 cm³/mol. The number of nitro benzene ring substituents is 1. The molecule has 1 aromatic carbocycles. The highest BCUT2D eigenvalue weighted by atomic mass is 79.9. The summed E-state index contributed by atoms with van der Waals surface area (Å²) in [6, 6.07) is 4.47. The zero-order valence-electron chi connectivity index (χ0n) is 9.63. The zero-order chi connectivity index (χ0) is 13.7. The van der Waals surface area contributed by atoms with Crippen LogP contribution in [0.5, 0.6) is 5.75 Å². The van der Waals surface area contributed by atoms with Crippen LogP contribution >= 0.6 is 15.9 Å². The van der Waals surface area contributed by atoms with Gasteiger partial charge in [-0.25, -0.2) is 0 Å². The van der Waals surface area contributed by atoms with Gasteiger partial charge in [-0.3, -0.25) is 14.9 Å². The van der Waals surface area contributed by atoms with Crippen LogP contribution in [-0.2, 0) is 4.79 Å². The standard InChI is InChI=1S/C11H12BrNO5/c1-7(5-6-10(14)15)18-9-4-2-3-8(11(9)12)13(16)17/h2-4,7H,5-6H2,1H3,(H,14,15). The van der Waals surface area contributed by atoms with Crippen LogP contribution in [-0.4, -0.2) is 22.1 Å². The van der Waals surface area contributed by atoms with Crippen LogP contribution in [0.3, 0.4) is 0 Å². The van der Waals surface area contributed by atoms with Crippen LogP contribution in [0.1, 0.15) is 19.8 Å². The first kappa shape index (κ1) is 14.4. The first-order chi connectivity index (χ1) is 8.41. The average Bonchev–Trinajstić information content (AvgIpc) is 2.29. The van der Waals surface area contributed by atoms with Gasteiger partial charge in [-0.2, -0.15) is 0 Å². The molecule has 1 aromatic rings. The van der Waals surface area contributed by atoms with Gasteiger partial charge in [-0.05, 0) is 35.3 Å². The Morgan fingerprint density at radius 3 is 2.83 bits per heavy atom. The molecule has 0 aromatic heterocycles. The van der Waals surface area contributed by atoms with Gasteiger partial charge in [0.1, 0.15) is 10.2 Å². The Hall–Kier alpha value is -1.63. The fourth-order valence-corrected chi connectivity index (χ4v) is 1.84. The predicted octanol–water partition coefficient (Wildman–Crippen LogP) is 2.99. The SMILES string of the molecule is CC(CCC(=O)O)Oc1cccc([N+](=O)[O-])c1Br. The molecular weight excluding hydrogens is 306 g/mol. The Labute approximate surface area is 112 Å². The van der Waals surface area contributed by atoms with Crippen molar-refractivity contribution < 1.29 is 19.6 Å². The summed E-state index contributed by atoms with van der Waals surface area (Å²) in [5.41, 5.74) is -0.0852. The summed E-state index contributed by atoms with van der Waals surface area (Å²) in [4.78, 5) is 20.6. The van der Waals surface area contributed by atoms with Crippen molar-refractivity contribution in [2.24, 2.45) is 0 Å². The average molecular weight is 318 g/mol. The maximum atomic E-state index is 10.7. The van der Waals surface area contributed by atoms with Crippen molar-refractivity contribution in [3.8, 4) is 5.75 Å². The molecule has 0 heterocycles. The normalized spacial score (nSPS) is 11.9. The highest BCUT2D eigenvalue weighted by molar-refractivity contribution is 9.10. The first-order valence-electron chi connectivity index (χ1n) is 5.23. The third-order valence-corrected chi connectivity index (χ3v) is 3.03. The Balaban J connectivity index is 2.75. The smallest absolute Gasteiger partial charge is 0.303 e. The molecule has 0 amide bonds. The number of carboxylic acid groups (broad SMARTS) is 1. The Bertz CT molecular complexity index is 463. The van der Waals surface area contributed by atoms with E-state index in [9.17, 15) is 14.9 Å². The lowest BCUT2D eigenvalue weighted by Gasteiger charge is -2.14. The molecule has 1 atom stereocenters. The quantitative estimate of drug-likeness (QED) is 0.643. The summed E-state index contributed by atoms with van der Waals surface area (Å²) >= 11 is 3.11. The van der Waals surface area contributed by atoms with E-state index < -0.39 is 10.9 Å². The van der Waals surface area contributed by atoms with Crippen molar-refractivity contribution in [2.45, 2.75) is 25.9 Å². The molecule has 1 rings (SSSR count). The third kappa shape index (κ3) is 3.99. The number of aliphatic carboxylic acids is 1. The van der Waals surface area contributed by atoms with Gasteiger partial charge in [-0.1, -0.05) is 6.07 Å². The second kappa shape index (κ2) is 6.34. The lowest BCUT2D eigenvalue weighted by molar-refractivity contribution is -0.385. The molecule has 0 aliphatic carbocycles. The molecule has 98 valence electrons.